The molecule has 0 bridgehead atoms. The number of hydrogen-bond acceptors (Lipinski definition) is 5. The van der Waals surface area contributed by atoms with Gasteiger partial charge in [0.1, 0.15) is 5.75 Å². The molecule has 0 aromatic heterocycles. The lowest BCUT2D eigenvalue weighted by molar-refractivity contribution is -0.134. The van der Waals surface area contributed by atoms with Gasteiger partial charge in [0.05, 0.1) is 12.7 Å². The SMILES string of the molecule is O=C(CCCCCCCC1CO1)Oc1ccc(B(O)O)cc1. The van der Waals surface area contributed by atoms with Crippen molar-refractivity contribution in [1.29, 1.82) is 0 Å². The van der Waals surface area contributed by atoms with E-state index in [-0.39, 0.29) is 5.97 Å². The summed E-state index contributed by atoms with van der Waals surface area (Å²) < 4.78 is 10.4. The Morgan fingerprint density at radius 1 is 1.14 bits per heavy atom. The smallest absolute Gasteiger partial charge is 0.427 e. The Morgan fingerprint density at radius 2 is 1.77 bits per heavy atom. The predicted molar refractivity (Wildman–Crippen MR) is 84.0 cm³/mol. The lowest BCUT2D eigenvalue weighted by Crippen LogP contribution is -2.29. The van der Waals surface area contributed by atoms with Gasteiger partial charge in [0.15, 0.2) is 0 Å². The van der Waals surface area contributed by atoms with Crippen LogP contribution in [0.25, 0.3) is 0 Å². The minimum atomic E-state index is -1.50. The Labute approximate surface area is 131 Å². The first-order valence-corrected chi connectivity index (χ1v) is 7.93. The molecule has 1 heterocycles. The standard InChI is InChI=1S/C16H23BO5/c18-16(7-5-3-1-2-4-6-15-12-21-15)22-14-10-8-13(9-11-14)17(19)20/h8-11,15,19-20H,1-7,12H2. The van der Waals surface area contributed by atoms with Crippen molar-refractivity contribution in [2.45, 2.75) is 51.0 Å². The molecule has 2 N–H and O–H groups in total. The third-order valence-electron chi connectivity index (χ3n) is 3.72. The Morgan fingerprint density at radius 3 is 2.41 bits per heavy atom. The van der Waals surface area contributed by atoms with Crippen molar-refractivity contribution in [2.24, 2.45) is 0 Å². The summed E-state index contributed by atoms with van der Waals surface area (Å²) in [5.74, 6) is 0.183. The molecule has 6 heteroatoms. The molecule has 0 saturated carbocycles. The van der Waals surface area contributed by atoms with Crippen molar-refractivity contribution >= 4 is 18.6 Å². The highest BCUT2D eigenvalue weighted by Crippen LogP contribution is 2.18. The van der Waals surface area contributed by atoms with Gasteiger partial charge in [0.2, 0.25) is 0 Å². The van der Waals surface area contributed by atoms with Crippen LogP contribution < -0.4 is 10.2 Å². The van der Waals surface area contributed by atoms with Crippen LogP contribution in [0.2, 0.25) is 0 Å². The average molecular weight is 306 g/mol. The third-order valence-corrected chi connectivity index (χ3v) is 3.72. The number of rotatable bonds is 10. The lowest BCUT2D eigenvalue weighted by Gasteiger charge is -2.05. The van der Waals surface area contributed by atoms with Gasteiger partial charge >= 0.3 is 13.1 Å². The number of epoxide rings is 1. The van der Waals surface area contributed by atoms with Crippen LogP contribution in [0, 0.1) is 0 Å². The zero-order valence-corrected chi connectivity index (χ0v) is 12.7. The van der Waals surface area contributed by atoms with Crippen LogP contribution in [0.15, 0.2) is 24.3 Å². The Balaban J connectivity index is 1.53. The highest BCUT2D eigenvalue weighted by molar-refractivity contribution is 6.58. The molecule has 1 aliphatic rings. The normalized spacial score (nSPS) is 16.4. The first-order valence-electron chi connectivity index (χ1n) is 7.93. The van der Waals surface area contributed by atoms with Crippen LogP contribution in [-0.2, 0) is 9.53 Å². The molecule has 1 saturated heterocycles. The Kier molecular flexibility index (Phi) is 6.90. The number of unbranched alkanes of at least 4 members (excludes halogenated alkanes) is 4. The lowest BCUT2D eigenvalue weighted by atomic mass is 9.80. The van der Waals surface area contributed by atoms with Crippen molar-refractivity contribution < 1.29 is 24.3 Å². The molecular weight excluding hydrogens is 283 g/mol. The molecule has 0 radical (unpaired) electrons. The number of carbonyl (C=O) groups is 1. The monoisotopic (exact) mass is 306 g/mol. The molecule has 1 unspecified atom stereocenters. The first-order chi connectivity index (χ1) is 10.6. The van der Waals surface area contributed by atoms with Gasteiger partial charge in [0.25, 0.3) is 0 Å². The maximum atomic E-state index is 11.7. The van der Waals surface area contributed by atoms with E-state index in [1.54, 1.807) is 12.1 Å². The maximum absolute atomic E-state index is 11.7. The molecule has 5 nitrogen and oxygen atoms in total. The molecule has 1 fully saturated rings. The maximum Gasteiger partial charge on any atom is 0.488 e. The fourth-order valence-corrected chi connectivity index (χ4v) is 2.30. The van der Waals surface area contributed by atoms with E-state index in [2.05, 4.69) is 0 Å². The molecule has 2 rings (SSSR count). The first kappa shape index (κ1) is 17.0. The quantitative estimate of drug-likeness (QED) is 0.225. The molecule has 0 spiro atoms. The molecule has 1 aromatic carbocycles. The van der Waals surface area contributed by atoms with Crippen LogP contribution in [0.5, 0.6) is 5.75 Å². The minimum absolute atomic E-state index is 0.247. The van der Waals surface area contributed by atoms with Crippen LogP contribution in [0.1, 0.15) is 44.9 Å². The fraction of sp³-hybridized carbons (Fsp3) is 0.562. The summed E-state index contributed by atoms with van der Waals surface area (Å²) in [6.07, 6.45) is 7.52. The summed E-state index contributed by atoms with van der Waals surface area (Å²) in [7, 11) is -1.50. The Hall–Kier alpha value is -1.37. The number of carbonyl (C=O) groups excluding carboxylic acids is 1. The molecule has 22 heavy (non-hydrogen) atoms. The third kappa shape index (κ3) is 6.60. The van der Waals surface area contributed by atoms with E-state index >= 15 is 0 Å². The second-order valence-electron chi connectivity index (χ2n) is 5.68. The van der Waals surface area contributed by atoms with Crippen LogP contribution in [0.4, 0.5) is 0 Å². The largest absolute Gasteiger partial charge is 0.488 e. The topological polar surface area (TPSA) is 79.3 Å². The molecule has 120 valence electrons. The van der Waals surface area contributed by atoms with Crippen molar-refractivity contribution in [2.75, 3.05) is 6.61 Å². The van der Waals surface area contributed by atoms with E-state index < -0.39 is 7.12 Å². The minimum Gasteiger partial charge on any atom is -0.427 e. The number of esters is 1. The van der Waals surface area contributed by atoms with Crippen LogP contribution in [0.3, 0.4) is 0 Å². The predicted octanol–water partition coefficient (Wildman–Crippen LogP) is 1.40. The summed E-state index contributed by atoms with van der Waals surface area (Å²) in [5.41, 5.74) is 0.372. The molecule has 0 aliphatic carbocycles. The number of benzene rings is 1. The van der Waals surface area contributed by atoms with Crippen LogP contribution in [-0.4, -0.2) is 35.8 Å². The zero-order valence-electron chi connectivity index (χ0n) is 12.7. The molecule has 1 atom stereocenters. The molecule has 1 aromatic rings. The van der Waals surface area contributed by atoms with Crippen molar-refractivity contribution in [3.05, 3.63) is 24.3 Å². The van der Waals surface area contributed by atoms with Crippen LogP contribution >= 0.6 is 0 Å². The van der Waals surface area contributed by atoms with E-state index in [0.29, 0.717) is 23.7 Å². The average Bonchev–Trinajstić information content (AvgIpc) is 3.31. The zero-order chi connectivity index (χ0) is 15.8. The van der Waals surface area contributed by atoms with Crippen molar-refractivity contribution in [3.63, 3.8) is 0 Å². The highest BCUT2D eigenvalue weighted by atomic mass is 16.6. The van der Waals surface area contributed by atoms with Crippen molar-refractivity contribution in [1.82, 2.24) is 0 Å². The number of hydrogen-bond donors (Lipinski definition) is 2. The van der Waals surface area contributed by atoms with E-state index in [1.165, 1.54) is 31.4 Å². The van der Waals surface area contributed by atoms with Crippen molar-refractivity contribution in [3.8, 4) is 5.75 Å². The second kappa shape index (κ2) is 8.93. The van der Waals surface area contributed by atoms with Gasteiger partial charge in [-0.25, -0.2) is 0 Å². The summed E-state index contributed by atoms with van der Waals surface area (Å²) >= 11 is 0. The molecular formula is C16H23BO5. The van der Waals surface area contributed by atoms with E-state index in [9.17, 15) is 4.79 Å². The van der Waals surface area contributed by atoms with E-state index in [1.807, 2.05) is 0 Å². The fourth-order valence-electron chi connectivity index (χ4n) is 2.30. The molecule has 0 amide bonds. The van der Waals surface area contributed by atoms with Gasteiger partial charge in [-0.1, -0.05) is 37.8 Å². The van der Waals surface area contributed by atoms with Gasteiger partial charge < -0.3 is 19.5 Å². The van der Waals surface area contributed by atoms with Gasteiger partial charge in [-0.15, -0.1) is 0 Å². The van der Waals surface area contributed by atoms with E-state index in [0.717, 1.165) is 25.9 Å². The van der Waals surface area contributed by atoms with Gasteiger partial charge in [-0.3, -0.25) is 4.79 Å². The number of ether oxygens (including phenoxy) is 2. The van der Waals surface area contributed by atoms with Gasteiger partial charge in [-0.05, 0) is 30.4 Å². The van der Waals surface area contributed by atoms with Gasteiger partial charge in [-0.2, -0.15) is 0 Å². The second-order valence-corrected chi connectivity index (χ2v) is 5.68. The van der Waals surface area contributed by atoms with E-state index in [4.69, 9.17) is 19.5 Å². The summed E-state index contributed by atoms with van der Waals surface area (Å²) in [4.78, 5) is 11.7. The molecule has 1 aliphatic heterocycles. The van der Waals surface area contributed by atoms with Gasteiger partial charge in [0, 0.05) is 6.42 Å². The summed E-state index contributed by atoms with van der Waals surface area (Å²) in [6.45, 7) is 0.935. The Bertz CT molecular complexity index is 456. The summed E-state index contributed by atoms with van der Waals surface area (Å²) in [6, 6.07) is 6.17. The highest BCUT2D eigenvalue weighted by Gasteiger charge is 2.20. The summed E-state index contributed by atoms with van der Waals surface area (Å²) in [5, 5.41) is 18.0.